The number of hydrogen-bond acceptors (Lipinski definition) is 8. The second-order valence-electron chi connectivity index (χ2n) is 9.00. The molecule has 37 heavy (non-hydrogen) atoms. The lowest BCUT2D eigenvalue weighted by Gasteiger charge is -2.26. The second-order valence-corrected chi connectivity index (χ2v) is 10.5. The number of fused-ring (bicyclic) bond motifs is 3. The molecule has 0 fully saturated rings. The van der Waals surface area contributed by atoms with Gasteiger partial charge in [0.15, 0.2) is 0 Å². The molecule has 1 amide bonds. The van der Waals surface area contributed by atoms with E-state index < -0.39 is 0 Å². The van der Waals surface area contributed by atoms with Crippen LogP contribution in [0, 0.1) is 0 Å². The Bertz CT molecular complexity index is 1440. The predicted molar refractivity (Wildman–Crippen MR) is 148 cm³/mol. The van der Waals surface area contributed by atoms with E-state index >= 15 is 0 Å². The molecule has 4 aromatic rings. The number of nitrogens with zero attached hydrogens (tertiary/aromatic N) is 5. The smallest absolute Gasteiger partial charge is 0.246 e. The van der Waals surface area contributed by atoms with E-state index in [-0.39, 0.29) is 5.91 Å². The van der Waals surface area contributed by atoms with Gasteiger partial charge in [-0.2, -0.15) is 0 Å². The summed E-state index contributed by atoms with van der Waals surface area (Å²) >= 11 is 8.13. The summed E-state index contributed by atoms with van der Waals surface area (Å²) in [7, 11) is 3.96. The first-order valence-electron chi connectivity index (χ1n) is 11.9. The van der Waals surface area contributed by atoms with E-state index in [9.17, 15) is 4.79 Å². The summed E-state index contributed by atoms with van der Waals surface area (Å²) in [5.41, 5.74) is 2.97. The minimum Gasteiger partial charge on any atom is -0.487 e. The van der Waals surface area contributed by atoms with Gasteiger partial charge in [-0.3, -0.25) is 9.78 Å². The van der Waals surface area contributed by atoms with Crippen LogP contribution in [-0.2, 0) is 24.4 Å². The monoisotopic (exact) mass is 534 g/mol. The molecule has 10 heteroatoms. The van der Waals surface area contributed by atoms with Gasteiger partial charge in [0.25, 0.3) is 0 Å². The van der Waals surface area contributed by atoms with Crippen molar-refractivity contribution in [2.75, 3.05) is 32.5 Å². The van der Waals surface area contributed by atoms with E-state index in [0.717, 1.165) is 45.1 Å². The van der Waals surface area contributed by atoms with Crippen molar-refractivity contribution in [3.63, 3.8) is 0 Å². The average Bonchev–Trinajstić information content (AvgIpc) is 3.27. The van der Waals surface area contributed by atoms with E-state index in [1.54, 1.807) is 36.1 Å². The summed E-state index contributed by atoms with van der Waals surface area (Å²) in [6.07, 6.45) is 9.38. The molecule has 190 valence electrons. The molecule has 4 heterocycles. The van der Waals surface area contributed by atoms with Crippen molar-refractivity contribution < 1.29 is 9.53 Å². The number of ether oxygens (including phenoxy) is 1. The molecular formula is C27H27ClN6O2S. The first-order chi connectivity index (χ1) is 18.0. The highest BCUT2D eigenvalue weighted by atomic mass is 35.5. The molecule has 5 rings (SSSR count). The van der Waals surface area contributed by atoms with E-state index in [4.69, 9.17) is 16.3 Å². The largest absolute Gasteiger partial charge is 0.487 e. The molecule has 8 nitrogen and oxygen atoms in total. The minimum absolute atomic E-state index is 0.0369. The SMILES string of the molecule is CN(C)C/C=C/C(=O)N1CCc2c(sc3ncnc(Nc4ccc(OCc5cccnc5)c(Cl)c4)c23)C1. The summed E-state index contributed by atoms with van der Waals surface area (Å²) in [5.74, 6) is 1.37. The van der Waals surface area contributed by atoms with Crippen LogP contribution in [0.15, 0.2) is 61.2 Å². The van der Waals surface area contributed by atoms with Gasteiger partial charge in [0, 0.05) is 47.7 Å². The van der Waals surface area contributed by atoms with Crippen LogP contribution in [0.25, 0.3) is 10.2 Å². The number of thiophene rings is 1. The number of carbonyl (C=O) groups excluding carboxylic acids is 1. The summed E-state index contributed by atoms with van der Waals surface area (Å²) in [6, 6.07) is 9.41. The maximum absolute atomic E-state index is 12.7. The van der Waals surface area contributed by atoms with Crippen LogP contribution in [0.1, 0.15) is 16.0 Å². The number of rotatable bonds is 8. The van der Waals surface area contributed by atoms with Crippen molar-refractivity contribution in [1.82, 2.24) is 24.8 Å². The minimum atomic E-state index is 0.0369. The maximum Gasteiger partial charge on any atom is 0.246 e. The van der Waals surface area contributed by atoms with Crippen LogP contribution < -0.4 is 10.1 Å². The quantitative estimate of drug-likeness (QED) is 0.316. The molecule has 1 aliphatic rings. The van der Waals surface area contributed by atoms with Gasteiger partial charge in [0.05, 0.1) is 17.0 Å². The third kappa shape index (κ3) is 5.90. The zero-order chi connectivity index (χ0) is 25.8. The Labute approximate surface area is 224 Å². The number of pyridine rings is 1. The van der Waals surface area contributed by atoms with Gasteiger partial charge < -0.3 is 19.9 Å². The second kappa shape index (κ2) is 11.2. The molecule has 0 atom stereocenters. The van der Waals surface area contributed by atoms with Gasteiger partial charge in [-0.15, -0.1) is 11.3 Å². The van der Waals surface area contributed by atoms with Crippen molar-refractivity contribution in [2.45, 2.75) is 19.6 Å². The number of nitrogens with one attached hydrogen (secondary N) is 1. The number of likely N-dealkylation sites (N-methyl/N-ethyl adjacent to an activating group) is 1. The summed E-state index contributed by atoms with van der Waals surface area (Å²) in [4.78, 5) is 31.8. The topological polar surface area (TPSA) is 83.5 Å². The van der Waals surface area contributed by atoms with Crippen LogP contribution in [0.2, 0.25) is 5.02 Å². The van der Waals surface area contributed by atoms with Gasteiger partial charge in [-0.25, -0.2) is 9.97 Å². The highest BCUT2D eigenvalue weighted by Gasteiger charge is 2.25. The maximum atomic E-state index is 12.7. The molecule has 0 spiro atoms. The first kappa shape index (κ1) is 25.1. The molecule has 0 saturated heterocycles. The average molecular weight is 535 g/mol. The van der Waals surface area contributed by atoms with Crippen LogP contribution in [-0.4, -0.2) is 57.8 Å². The number of anilines is 2. The van der Waals surface area contributed by atoms with Crippen LogP contribution >= 0.6 is 22.9 Å². The number of hydrogen-bond donors (Lipinski definition) is 1. The van der Waals surface area contributed by atoms with Gasteiger partial charge >= 0.3 is 0 Å². The van der Waals surface area contributed by atoms with Crippen molar-refractivity contribution in [1.29, 1.82) is 0 Å². The van der Waals surface area contributed by atoms with Crippen molar-refractivity contribution in [3.8, 4) is 5.75 Å². The van der Waals surface area contributed by atoms with Crippen LogP contribution in [0.3, 0.4) is 0 Å². The van der Waals surface area contributed by atoms with Crippen molar-refractivity contribution in [3.05, 3.63) is 82.2 Å². The first-order valence-corrected chi connectivity index (χ1v) is 13.1. The summed E-state index contributed by atoms with van der Waals surface area (Å²) < 4.78 is 5.86. The standard InChI is InChI=1S/C27H27ClN6O2S/c1-33(2)11-4-6-24(35)34-12-9-20-23(15-34)37-27-25(20)26(30-17-31-27)32-19-7-8-22(21(28)13-19)36-16-18-5-3-10-29-14-18/h3-8,10,13-14,17H,9,11-12,15-16H2,1-2H3,(H,30,31,32)/b6-4+. The lowest BCUT2D eigenvalue weighted by molar-refractivity contribution is -0.126. The highest BCUT2D eigenvalue weighted by Crippen LogP contribution is 2.38. The van der Waals surface area contributed by atoms with Crippen LogP contribution in [0.4, 0.5) is 11.5 Å². The molecule has 1 aromatic carbocycles. The van der Waals surface area contributed by atoms with Crippen LogP contribution in [0.5, 0.6) is 5.75 Å². The fourth-order valence-corrected chi connectivity index (χ4v) is 5.60. The number of halogens is 1. The number of benzene rings is 1. The van der Waals surface area contributed by atoms with E-state index in [0.29, 0.717) is 30.5 Å². The fourth-order valence-electron chi connectivity index (χ4n) is 4.16. The fraction of sp³-hybridized carbons (Fsp3) is 0.259. The Hall–Kier alpha value is -3.53. The van der Waals surface area contributed by atoms with Gasteiger partial charge in [0.1, 0.15) is 29.3 Å². The van der Waals surface area contributed by atoms with Gasteiger partial charge in [-0.1, -0.05) is 23.7 Å². The zero-order valence-corrected chi connectivity index (χ0v) is 22.2. The molecule has 0 bridgehead atoms. The third-order valence-corrected chi connectivity index (χ3v) is 7.41. The molecule has 0 saturated carbocycles. The van der Waals surface area contributed by atoms with Crippen molar-refractivity contribution in [2.24, 2.45) is 0 Å². The molecule has 3 aromatic heterocycles. The molecule has 1 aliphatic heterocycles. The Morgan fingerprint density at radius 2 is 2.19 bits per heavy atom. The van der Waals surface area contributed by atoms with E-state index in [2.05, 4.69) is 20.3 Å². The summed E-state index contributed by atoms with van der Waals surface area (Å²) in [5, 5.41) is 4.91. The number of carbonyl (C=O) groups is 1. The summed E-state index contributed by atoms with van der Waals surface area (Å²) in [6.45, 7) is 2.36. The van der Waals surface area contributed by atoms with Gasteiger partial charge in [0.2, 0.25) is 5.91 Å². The van der Waals surface area contributed by atoms with Crippen molar-refractivity contribution >= 4 is 50.6 Å². The van der Waals surface area contributed by atoms with E-state index in [1.807, 2.05) is 60.3 Å². The highest BCUT2D eigenvalue weighted by molar-refractivity contribution is 7.19. The predicted octanol–water partition coefficient (Wildman–Crippen LogP) is 5.06. The molecular weight excluding hydrogens is 508 g/mol. The Morgan fingerprint density at radius 1 is 1.30 bits per heavy atom. The normalized spacial score (nSPS) is 13.4. The lowest BCUT2D eigenvalue weighted by Crippen LogP contribution is -2.34. The molecule has 0 aliphatic carbocycles. The molecule has 0 unspecified atom stereocenters. The lowest BCUT2D eigenvalue weighted by atomic mass is 10.0. The zero-order valence-electron chi connectivity index (χ0n) is 20.6. The number of amides is 1. The Balaban J connectivity index is 1.31. The van der Waals surface area contributed by atoms with Gasteiger partial charge in [-0.05, 0) is 50.3 Å². The molecule has 0 radical (unpaired) electrons. The van der Waals surface area contributed by atoms with E-state index in [1.165, 1.54) is 5.56 Å². The molecule has 1 N–H and O–H groups in total. The number of aromatic nitrogens is 3. The Kier molecular flexibility index (Phi) is 7.64. The Morgan fingerprint density at radius 3 is 2.97 bits per heavy atom. The third-order valence-electron chi connectivity index (χ3n) is 5.99.